The van der Waals surface area contributed by atoms with Crippen LogP contribution in [0.2, 0.25) is 0 Å². The third-order valence-corrected chi connectivity index (χ3v) is 0. The Hall–Kier alpha value is 3.52. The van der Waals surface area contributed by atoms with Crippen molar-refractivity contribution in [2.75, 3.05) is 0 Å². The SMILES string of the molecule is [Br-].[Br-].[Br-].[Br-].[Sn+2].[Sn+2]. The van der Waals surface area contributed by atoms with E-state index in [0.29, 0.717) is 0 Å². The first-order valence-corrected chi connectivity index (χ1v) is 0. The summed E-state index contributed by atoms with van der Waals surface area (Å²) in [6.45, 7) is 0. The van der Waals surface area contributed by atoms with Crippen LogP contribution in [0, 0.1) is 0 Å². The maximum absolute atomic E-state index is 0. The molecule has 0 fully saturated rings. The van der Waals surface area contributed by atoms with Crippen molar-refractivity contribution in [1.82, 2.24) is 0 Å². The topological polar surface area (TPSA) is 0 Å². The Balaban J connectivity index is 0. The molecule has 0 rings (SSSR count). The third kappa shape index (κ3) is 25.8. The van der Waals surface area contributed by atoms with Crippen LogP contribution in [0.5, 0.6) is 0 Å². The van der Waals surface area contributed by atoms with E-state index in [4.69, 9.17) is 0 Å². The van der Waals surface area contributed by atoms with Gasteiger partial charge in [-0.05, 0) is 0 Å². The van der Waals surface area contributed by atoms with Crippen molar-refractivity contribution >= 4 is 47.8 Å². The van der Waals surface area contributed by atoms with Gasteiger partial charge in [0.1, 0.15) is 0 Å². The second-order valence-corrected chi connectivity index (χ2v) is 0. The molecule has 0 spiro atoms. The Kier molecular flexibility index (Phi) is 362. The van der Waals surface area contributed by atoms with Crippen LogP contribution in [-0.4, -0.2) is 47.8 Å². The van der Waals surface area contributed by atoms with Gasteiger partial charge in [0.15, 0.2) is 0 Å². The Bertz CT molecular complexity index is 5.51. The van der Waals surface area contributed by atoms with Crippen molar-refractivity contribution in [2.45, 2.75) is 0 Å². The van der Waals surface area contributed by atoms with Crippen LogP contribution in [0.3, 0.4) is 0 Å². The van der Waals surface area contributed by atoms with Crippen molar-refractivity contribution in [3.05, 3.63) is 0 Å². The van der Waals surface area contributed by atoms with Gasteiger partial charge in [-0.25, -0.2) is 0 Å². The fourth-order valence-electron chi connectivity index (χ4n) is 0. The predicted molar refractivity (Wildman–Crippen MR) is 11.5 cm³/mol. The molecule has 0 amide bonds. The second kappa shape index (κ2) is 38.9. The first-order chi connectivity index (χ1) is 0. The van der Waals surface area contributed by atoms with Gasteiger partial charge in [0.05, 0.1) is 0 Å². The Morgan fingerprint density at radius 2 is 0.333 bits per heavy atom. The Morgan fingerprint density at radius 1 is 0.333 bits per heavy atom. The minimum absolute atomic E-state index is 0. The summed E-state index contributed by atoms with van der Waals surface area (Å²) in [5.74, 6) is 0. The van der Waals surface area contributed by atoms with E-state index in [0.717, 1.165) is 0 Å². The van der Waals surface area contributed by atoms with Crippen LogP contribution < -0.4 is 67.9 Å². The molecule has 0 heterocycles. The normalized spacial score (nSPS) is 0. The van der Waals surface area contributed by atoms with Gasteiger partial charge in [0.2, 0.25) is 0 Å². The van der Waals surface area contributed by atoms with Crippen molar-refractivity contribution in [2.24, 2.45) is 0 Å². The average Bonchev–Trinajstić information content (AvgIpc) is 0. The van der Waals surface area contributed by atoms with Crippen LogP contribution in [0.15, 0.2) is 0 Å². The molecule has 0 aromatic rings. The molecule has 0 bridgehead atoms. The molecule has 0 aliphatic carbocycles. The molecule has 0 aliphatic heterocycles. The van der Waals surface area contributed by atoms with E-state index >= 15 is 0 Å². The minimum atomic E-state index is 0. The second-order valence-electron chi connectivity index (χ2n) is 0. The summed E-state index contributed by atoms with van der Waals surface area (Å²) in [5.41, 5.74) is 0. The molecule has 0 unspecified atom stereocenters. The fourth-order valence-corrected chi connectivity index (χ4v) is 0. The van der Waals surface area contributed by atoms with E-state index in [1.165, 1.54) is 0 Å². The summed E-state index contributed by atoms with van der Waals surface area (Å²) < 4.78 is 0. The van der Waals surface area contributed by atoms with Gasteiger partial charge in [0.25, 0.3) is 0 Å². The van der Waals surface area contributed by atoms with Gasteiger partial charge in [-0.2, -0.15) is 0 Å². The predicted octanol–water partition coefficient (Wildman–Crippen LogP) is -12.7. The molecular weight excluding hydrogens is 557 g/mol. The van der Waals surface area contributed by atoms with Crippen molar-refractivity contribution in [3.8, 4) is 0 Å². The molecular formula is Br4Sn2. The van der Waals surface area contributed by atoms with Crippen LogP contribution in [0.25, 0.3) is 0 Å². The van der Waals surface area contributed by atoms with Gasteiger partial charge < -0.3 is 67.9 Å². The zero-order valence-electron chi connectivity index (χ0n) is 2.51. The molecule has 0 nitrogen and oxygen atoms in total. The number of rotatable bonds is 0. The summed E-state index contributed by atoms with van der Waals surface area (Å²) in [6, 6.07) is 0. The summed E-state index contributed by atoms with van der Waals surface area (Å²) >= 11 is 0. The fraction of sp³-hybridized carbons (Fsp3) is 0. The molecule has 4 radical (unpaired) electrons. The van der Waals surface area contributed by atoms with E-state index in [9.17, 15) is 0 Å². The van der Waals surface area contributed by atoms with Gasteiger partial charge in [-0.15, -0.1) is 0 Å². The Morgan fingerprint density at radius 3 is 0.333 bits per heavy atom. The van der Waals surface area contributed by atoms with E-state index in [-0.39, 0.29) is 116 Å². The monoisotopic (exact) mass is 555 g/mol. The summed E-state index contributed by atoms with van der Waals surface area (Å²) in [6.07, 6.45) is 0. The molecule has 0 aromatic carbocycles. The van der Waals surface area contributed by atoms with E-state index in [1.54, 1.807) is 0 Å². The maximum Gasteiger partial charge on any atom is 2.00 e. The zero-order chi connectivity index (χ0) is 0. The van der Waals surface area contributed by atoms with Gasteiger partial charge in [-0.3, -0.25) is 0 Å². The standard InChI is InChI=1S/4BrH.2Sn/h4*1H;;/q;;;;2*+2/p-4. The number of halogens is 4. The van der Waals surface area contributed by atoms with Crippen LogP contribution in [0.4, 0.5) is 0 Å². The van der Waals surface area contributed by atoms with Gasteiger partial charge >= 0.3 is 47.8 Å². The summed E-state index contributed by atoms with van der Waals surface area (Å²) in [7, 11) is 0. The van der Waals surface area contributed by atoms with Gasteiger partial charge in [0, 0.05) is 0 Å². The number of hydrogen-bond donors (Lipinski definition) is 0. The van der Waals surface area contributed by atoms with E-state index in [1.807, 2.05) is 0 Å². The molecule has 0 N–H and O–H groups in total. The molecule has 0 aromatic heterocycles. The number of hydrogen-bond acceptors (Lipinski definition) is 0. The maximum atomic E-state index is 0. The molecule has 0 aliphatic rings. The summed E-state index contributed by atoms with van der Waals surface area (Å²) in [4.78, 5) is 0. The molecule has 6 heavy (non-hydrogen) atoms. The average molecular weight is 557 g/mol. The molecule has 0 saturated heterocycles. The van der Waals surface area contributed by atoms with E-state index in [2.05, 4.69) is 0 Å². The smallest absolute Gasteiger partial charge is 1.00 e. The van der Waals surface area contributed by atoms with Crippen molar-refractivity contribution < 1.29 is 67.9 Å². The zero-order valence-corrected chi connectivity index (χ0v) is 14.6. The third-order valence-electron chi connectivity index (χ3n) is 0. The van der Waals surface area contributed by atoms with Gasteiger partial charge in [-0.1, -0.05) is 0 Å². The molecule has 0 saturated carbocycles. The molecule has 36 valence electrons. The first kappa shape index (κ1) is 55.8. The molecule has 6 heteroatoms. The van der Waals surface area contributed by atoms with Crippen LogP contribution in [0.1, 0.15) is 0 Å². The van der Waals surface area contributed by atoms with Crippen molar-refractivity contribution in [1.29, 1.82) is 0 Å². The van der Waals surface area contributed by atoms with Crippen molar-refractivity contribution in [3.63, 3.8) is 0 Å². The minimum Gasteiger partial charge on any atom is -1.00 e. The van der Waals surface area contributed by atoms with Crippen LogP contribution >= 0.6 is 0 Å². The van der Waals surface area contributed by atoms with E-state index < -0.39 is 0 Å². The summed E-state index contributed by atoms with van der Waals surface area (Å²) in [5, 5.41) is 0. The Labute approximate surface area is 114 Å². The largest absolute Gasteiger partial charge is 2.00 e. The molecule has 0 atom stereocenters. The first-order valence-electron chi connectivity index (χ1n) is 0. The van der Waals surface area contributed by atoms with Crippen LogP contribution in [-0.2, 0) is 0 Å². The quantitative estimate of drug-likeness (QED) is 0.260.